The van der Waals surface area contributed by atoms with E-state index in [0.29, 0.717) is 30.8 Å². The predicted molar refractivity (Wildman–Crippen MR) is 164 cm³/mol. The van der Waals surface area contributed by atoms with Crippen molar-refractivity contribution < 1.29 is 14.7 Å². The molecule has 2 fully saturated rings. The number of carbonyl (C=O) groups is 2. The molecule has 1 aromatic heterocycles. The lowest BCUT2D eigenvalue weighted by atomic mass is 10.0. The number of aromatic hydroxyl groups is 1. The topological polar surface area (TPSA) is 97.8 Å². The summed E-state index contributed by atoms with van der Waals surface area (Å²) in [4.78, 5) is 35.1. The number of Topliss-reactive ketones (excluding diaryl/α,β-unsaturated/α-hetero) is 1. The zero-order chi connectivity index (χ0) is 28.2. The average Bonchev–Trinajstić information content (AvgIpc) is 3.68. The van der Waals surface area contributed by atoms with E-state index >= 15 is 0 Å². The number of benzene rings is 3. The van der Waals surface area contributed by atoms with Crippen molar-refractivity contribution in [2.45, 2.75) is 38.5 Å². The van der Waals surface area contributed by atoms with Gasteiger partial charge in [-0.2, -0.15) is 0 Å². The Morgan fingerprint density at radius 1 is 0.829 bits per heavy atom. The zero-order valence-electron chi connectivity index (χ0n) is 23.4. The highest BCUT2D eigenvalue weighted by molar-refractivity contribution is 6.10. The maximum Gasteiger partial charge on any atom is 0.238 e. The normalized spacial score (nSPS) is 16.0. The Bertz CT molecular complexity index is 1570. The molecule has 2 aliphatic heterocycles. The number of hydrogen-bond acceptors (Lipinski definition) is 7. The van der Waals surface area contributed by atoms with Gasteiger partial charge >= 0.3 is 0 Å². The Morgan fingerprint density at radius 3 is 2.27 bits per heavy atom. The van der Waals surface area contributed by atoms with Crippen molar-refractivity contribution in [2.24, 2.45) is 0 Å². The van der Waals surface area contributed by atoms with Gasteiger partial charge in [-0.25, -0.2) is 4.98 Å². The van der Waals surface area contributed by atoms with E-state index in [1.165, 1.54) is 12.8 Å². The summed E-state index contributed by atoms with van der Waals surface area (Å²) in [6.45, 7) is 5.29. The second-order valence-corrected chi connectivity index (χ2v) is 11.3. The first kappa shape index (κ1) is 27.2. The molecule has 1 amide bonds. The summed E-state index contributed by atoms with van der Waals surface area (Å²) in [5.74, 6) is 0.321. The largest absolute Gasteiger partial charge is 0.506 e. The number of rotatable bonds is 10. The summed E-state index contributed by atoms with van der Waals surface area (Å²) in [5.41, 5.74) is 4.51. The highest BCUT2D eigenvalue weighted by atomic mass is 16.3. The van der Waals surface area contributed by atoms with E-state index < -0.39 is 0 Å². The summed E-state index contributed by atoms with van der Waals surface area (Å²) in [6, 6.07) is 18.8. The van der Waals surface area contributed by atoms with Gasteiger partial charge < -0.3 is 20.6 Å². The molecule has 4 aromatic rings. The average molecular weight is 552 g/mol. The van der Waals surface area contributed by atoms with Crippen LogP contribution in [0, 0.1) is 0 Å². The number of para-hydroxylation sites is 2. The lowest BCUT2D eigenvalue weighted by Crippen LogP contribution is -2.30. The molecule has 0 aliphatic carbocycles. The van der Waals surface area contributed by atoms with Crippen LogP contribution >= 0.6 is 0 Å². The Balaban J connectivity index is 1.33. The molecule has 0 unspecified atom stereocenters. The lowest BCUT2D eigenvalue weighted by molar-refractivity contribution is -0.119. The Kier molecular flexibility index (Phi) is 8.11. The summed E-state index contributed by atoms with van der Waals surface area (Å²) < 4.78 is 0. The van der Waals surface area contributed by atoms with E-state index in [9.17, 15) is 14.7 Å². The van der Waals surface area contributed by atoms with Crippen LogP contribution in [0.1, 0.15) is 37.7 Å². The van der Waals surface area contributed by atoms with Gasteiger partial charge in [-0.15, -0.1) is 0 Å². The Labute approximate surface area is 240 Å². The Morgan fingerprint density at radius 2 is 1.51 bits per heavy atom. The molecular formula is C33H37N5O3. The molecule has 0 atom stereocenters. The van der Waals surface area contributed by atoms with Crippen LogP contribution in [0.15, 0.2) is 60.7 Å². The van der Waals surface area contributed by atoms with E-state index in [2.05, 4.69) is 20.4 Å². The third kappa shape index (κ3) is 6.50. The van der Waals surface area contributed by atoms with Crippen LogP contribution in [0.4, 0.5) is 17.1 Å². The molecule has 212 valence electrons. The molecule has 3 N–H and O–H groups in total. The first-order valence-corrected chi connectivity index (χ1v) is 14.7. The zero-order valence-corrected chi connectivity index (χ0v) is 23.4. The number of nitrogens with zero attached hydrogens (tertiary/aromatic N) is 3. The van der Waals surface area contributed by atoms with Gasteiger partial charge in [-0.05, 0) is 99.9 Å². The van der Waals surface area contributed by atoms with E-state index in [-0.39, 0.29) is 17.4 Å². The smallest absolute Gasteiger partial charge is 0.238 e. The van der Waals surface area contributed by atoms with Gasteiger partial charge in [0.1, 0.15) is 11.5 Å². The van der Waals surface area contributed by atoms with Crippen molar-refractivity contribution in [1.82, 2.24) is 14.8 Å². The van der Waals surface area contributed by atoms with Crippen LogP contribution in [0.3, 0.4) is 0 Å². The molecule has 41 heavy (non-hydrogen) atoms. The second kappa shape index (κ2) is 12.2. The lowest BCUT2D eigenvalue weighted by Gasteiger charge is -2.17. The first-order chi connectivity index (χ1) is 20.0. The Hall–Kier alpha value is -4.01. The number of anilines is 3. The maximum atomic E-state index is 12.9. The van der Waals surface area contributed by atoms with Crippen LogP contribution in [-0.2, 0) is 16.0 Å². The molecule has 0 saturated carbocycles. The molecule has 3 aromatic carbocycles. The fourth-order valence-electron chi connectivity index (χ4n) is 5.98. The fraction of sp³-hybridized carbons (Fsp3) is 0.364. The molecule has 0 radical (unpaired) electrons. The molecule has 2 saturated heterocycles. The third-order valence-electron chi connectivity index (χ3n) is 8.16. The quantitative estimate of drug-likeness (QED) is 0.178. The number of hydrogen-bond donors (Lipinski definition) is 3. The molecule has 6 rings (SSSR count). The number of amides is 1. The van der Waals surface area contributed by atoms with Crippen LogP contribution < -0.4 is 10.6 Å². The van der Waals surface area contributed by atoms with E-state index in [4.69, 9.17) is 4.98 Å². The number of nitrogens with one attached hydrogen (secondary N) is 2. The fourth-order valence-corrected chi connectivity index (χ4v) is 5.98. The van der Waals surface area contributed by atoms with E-state index in [1.807, 2.05) is 48.5 Å². The van der Waals surface area contributed by atoms with Gasteiger partial charge in [0.15, 0.2) is 0 Å². The van der Waals surface area contributed by atoms with Crippen molar-refractivity contribution in [2.75, 3.05) is 49.9 Å². The number of carbonyl (C=O) groups excluding carboxylic acids is 2. The molecule has 0 bridgehead atoms. The molecule has 3 heterocycles. The minimum atomic E-state index is -0.0371. The van der Waals surface area contributed by atoms with Crippen molar-refractivity contribution in [3.05, 3.63) is 66.2 Å². The molecule has 0 spiro atoms. The van der Waals surface area contributed by atoms with Gasteiger partial charge in [-0.3, -0.25) is 14.5 Å². The third-order valence-corrected chi connectivity index (χ3v) is 8.16. The highest BCUT2D eigenvalue weighted by Crippen LogP contribution is 2.37. The van der Waals surface area contributed by atoms with Crippen molar-refractivity contribution in [1.29, 1.82) is 0 Å². The molecular weight excluding hydrogens is 514 g/mol. The second-order valence-electron chi connectivity index (χ2n) is 11.3. The summed E-state index contributed by atoms with van der Waals surface area (Å²) in [5, 5.41) is 18.7. The van der Waals surface area contributed by atoms with Crippen LogP contribution in [0.2, 0.25) is 0 Å². The van der Waals surface area contributed by atoms with Crippen molar-refractivity contribution in [3.63, 3.8) is 0 Å². The van der Waals surface area contributed by atoms with Gasteiger partial charge in [0.05, 0.1) is 29.0 Å². The van der Waals surface area contributed by atoms with Gasteiger partial charge in [0.25, 0.3) is 0 Å². The van der Waals surface area contributed by atoms with Gasteiger partial charge in [-0.1, -0.05) is 18.2 Å². The van der Waals surface area contributed by atoms with Gasteiger partial charge in [0, 0.05) is 35.8 Å². The SMILES string of the molecule is O=C(CCN1CCCC1)Cc1ccc2nc3ccc(NC(=O)CN4CCCC4)cc3c(Nc3ccccc3O)c2c1. The summed E-state index contributed by atoms with van der Waals surface area (Å²) >= 11 is 0. The first-order valence-electron chi connectivity index (χ1n) is 14.7. The number of aromatic nitrogens is 1. The van der Waals surface area contributed by atoms with Crippen LogP contribution in [-0.4, -0.2) is 70.8 Å². The van der Waals surface area contributed by atoms with E-state index in [1.54, 1.807) is 12.1 Å². The summed E-state index contributed by atoms with van der Waals surface area (Å²) in [7, 11) is 0. The number of fused-ring (bicyclic) bond motifs is 2. The summed E-state index contributed by atoms with van der Waals surface area (Å²) in [6.07, 6.45) is 5.62. The predicted octanol–water partition coefficient (Wildman–Crippen LogP) is 5.47. The molecule has 8 nitrogen and oxygen atoms in total. The number of likely N-dealkylation sites (tertiary alicyclic amines) is 2. The van der Waals surface area contributed by atoms with Gasteiger partial charge in [0.2, 0.25) is 5.91 Å². The number of ketones is 1. The van der Waals surface area contributed by atoms with Crippen LogP contribution in [0.5, 0.6) is 5.75 Å². The minimum absolute atomic E-state index is 0.0371. The minimum Gasteiger partial charge on any atom is -0.506 e. The number of phenolic OH excluding ortho intramolecular Hbond substituents is 1. The van der Waals surface area contributed by atoms with Crippen molar-refractivity contribution in [3.8, 4) is 5.75 Å². The molecule has 2 aliphatic rings. The number of pyridine rings is 1. The standard InChI is InChI=1S/C33H37N5O3/c39-25(13-18-37-14-3-4-15-37)19-23-9-11-28-26(20-23)33(36-30-7-1-2-8-31(30)40)27-21-24(10-12-29(27)35-28)34-32(41)22-38-16-5-6-17-38/h1-2,7-12,20-21,40H,3-6,13-19,22H2,(H,34,41)(H,35,36). The number of phenols is 1. The van der Waals surface area contributed by atoms with E-state index in [0.717, 1.165) is 78.6 Å². The van der Waals surface area contributed by atoms with Crippen LogP contribution in [0.25, 0.3) is 21.8 Å². The monoisotopic (exact) mass is 551 g/mol. The maximum absolute atomic E-state index is 12.9. The van der Waals surface area contributed by atoms with Crippen molar-refractivity contribution >= 4 is 50.6 Å². The highest BCUT2D eigenvalue weighted by Gasteiger charge is 2.18. The molecule has 8 heteroatoms.